The monoisotopic (exact) mass is 463 g/mol. The molecule has 0 saturated carbocycles. The van der Waals surface area contributed by atoms with Crippen LogP contribution in [0.15, 0.2) is 54.9 Å². The Labute approximate surface area is 194 Å². The van der Waals surface area contributed by atoms with Crippen molar-refractivity contribution >= 4 is 29.0 Å². The van der Waals surface area contributed by atoms with Gasteiger partial charge in [-0.25, -0.2) is 18.7 Å². The number of nitrogens with one attached hydrogen (secondary N) is 1. The average molecular weight is 463 g/mol. The summed E-state index contributed by atoms with van der Waals surface area (Å²) in [6.45, 7) is 1.85. The standard InChI is InChI=1S/C24H22FN5O4/c1-14-9-16(23(31)29(2)19-7-6-17(25)11-21(19)33-3)10-20-18(13-27-30(14)20)15-5-8-22(26-12-15)28-24(32)34-4/h5-13H,1-4H3,(H,26,28,32). The molecule has 0 aliphatic heterocycles. The number of nitrogens with zero attached hydrogens (tertiary/aromatic N) is 4. The minimum atomic E-state index is -0.614. The van der Waals surface area contributed by atoms with Crippen molar-refractivity contribution in [2.45, 2.75) is 6.92 Å². The summed E-state index contributed by atoms with van der Waals surface area (Å²) in [6, 6.07) is 10.9. The van der Waals surface area contributed by atoms with Crippen molar-refractivity contribution < 1.29 is 23.5 Å². The molecule has 0 radical (unpaired) electrons. The van der Waals surface area contributed by atoms with Crippen LogP contribution in [0, 0.1) is 12.7 Å². The molecule has 34 heavy (non-hydrogen) atoms. The van der Waals surface area contributed by atoms with Gasteiger partial charge in [0.05, 0.1) is 31.6 Å². The van der Waals surface area contributed by atoms with Crippen LogP contribution < -0.4 is 15.0 Å². The molecule has 0 spiro atoms. The smallest absolute Gasteiger partial charge is 0.412 e. The van der Waals surface area contributed by atoms with Crippen molar-refractivity contribution in [3.05, 3.63) is 71.9 Å². The van der Waals surface area contributed by atoms with Crippen LogP contribution >= 0.6 is 0 Å². The number of anilines is 2. The van der Waals surface area contributed by atoms with E-state index in [0.717, 1.165) is 16.8 Å². The summed E-state index contributed by atoms with van der Waals surface area (Å²) >= 11 is 0. The molecule has 0 aliphatic carbocycles. The summed E-state index contributed by atoms with van der Waals surface area (Å²) in [7, 11) is 4.30. The minimum absolute atomic E-state index is 0.255. The Bertz CT molecular complexity index is 1380. The molecule has 2 amide bonds. The average Bonchev–Trinajstić information content (AvgIpc) is 3.28. The molecule has 4 rings (SSSR count). The topological polar surface area (TPSA) is 98.1 Å². The largest absolute Gasteiger partial charge is 0.494 e. The van der Waals surface area contributed by atoms with Gasteiger partial charge in [-0.05, 0) is 43.3 Å². The normalized spacial score (nSPS) is 10.7. The molecule has 0 bridgehead atoms. The van der Waals surface area contributed by atoms with Crippen molar-refractivity contribution in [2.75, 3.05) is 31.5 Å². The number of pyridine rings is 2. The zero-order valence-electron chi connectivity index (χ0n) is 19.0. The Morgan fingerprint density at radius 2 is 1.88 bits per heavy atom. The second-order valence-electron chi connectivity index (χ2n) is 7.47. The van der Waals surface area contributed by atoms with Gasteiger partial charge in [0.2, 0.25) is 0 Å². The third kappa shape index (κ3) is 4.25. The van der Waals surface area contributed by atoms with E-state index < -0.39 is 11.9 Å². The first-order chi connectivity index (χ1) is 16.3. The number of halogens is 1. The molecule has 174 valence electrons. The predicted molar refractivity (Wildman–Crippen MR) is 125 cm³/mol. The van der Waals surface area contributed by atoms with Gasteiger partial charge >= 0.3 is 6.09 Å². The van der Waals surface area contributed by atoms with Gasteiger partial charge in [0, 0.05) is 41.7 Å². The lowest BCUT2D eigenvalue weighted by atomic mass is 10.1. The van der Waals surface area contributed by atoms with Crippen molar-refractivity contribution in [2.24, 2.45) is 0 Å². The van der Waals surface area contributed by atoms with Crippen LogP contribution in [-0.4, -0.2) is 47.9 Å². The maximum Gasteiger partial charge on any atom is 0.412 e. The summed E-state index contributed by atoms with van der Waals surface area (Å²) in [5.41, 5.74) is 3.84. The van der Waals surface area contributed by atoms with Crippen LogP contribution in [0.2, 0.25) is 0 Å². The van der Waals surface area contributed by atoms with Gasteiger partial charge in [0.25, 0.3) is 5.91 Å². The van der Waals surface area contributed by atoms with Crippen LogP contribution in [0.4, 0.5) is 20.7 Å². The van der Waals surface area contributed by atoms with E-state index in [9.17, 15) is 14.0 Å². The zero-order chi connectivity index (χ0) is 24.4. The number of amides is 2. The van der Waals surface area contributed by atoms with Gasteiger partial charge < -0.3 is 14.4 Å². The highest BCUT2D eigenvalue weighted by Crippen LogP contribution is 2.31. The molecule has 0 saturated heterocycles. The van der Waals surface area contributed by atoms with Crippen molar-refractivity contribution in [1.29, 1.82) is 0 Å². The Kier molecular flexibility index (Phi) is 6.13. The number of ether oxygens (including phenoxy) is 2. The summed E-state index contributed by atoms with van der Waals surface area (Å²) in [5, 5.41) is 6.93. The number of hydrogen-bond donors (Lipinski definition) is 1. The molecule has 3 aromatic heterocycles. The molecule has 0 unspecified atom stereocenters. The van der Waals surface area contributed by atoms with Crippen LogP contribution in [-0.2, 0) is 4.74 Å². The molecule has 1 aromatic carbocycles. The molecular weight excluding hydrogens is 441 g/mol. The predicted octanol–water partition coefficient (Wildman–Crippen LogP) is 4.31. The number of aryl methyl sites for hydroxylation is 1. The molecule has 10 heteroatoms. The highest BCUT2D eigenvalue weighted by Gasteiger charge is 2.20. The molecule has 3 heterocycles. The second-order valence-corrected chi connectivity index (χ2v) is 7.47. The van der Waals surface area contributed by atoms with Crippen LogP contribution in [0.1, 0.15) is 16.1 Å². The first-order valence-electron chi connectivity index (χ1n) is 10.2. The second kappa shape index (κ2) is 9.18. The van der Waals surface area contributed by atoms with Gasteiger partial charge in [-0.1, -0.05) is 0 Å². The third-order valence-electron chi connectivity index (χ3n) is 5.34. The Balaban J connectivity index is 1.70. The van der Waals surface area contributed by atoms with E-state index in [0.29, 0.717) is 22.6 Å². The molecule has 0 atom stereocenters. The van der Waals surface area contributed by atoms with Gasteiger partial charge in [0.15, 0.2) is 0 Å². The van der Waals surface area contributed by atoms with Crippen molar-refractivity contribution in [1.82, 2.24) is 14.6 Å². The molecule has 9 nitrogen and oxygen atoms in total. The number of aromatic nitrogens is 3. The fourth-order valence-electron chi connectivity index (χ4n) is 3.61. The van der Waals surface area contributed by atoms with E-state index in [4.69, 9.17) is 4.74 Å². The minimum Gasteiger partial charge on any atom is -0.494 e. The lowest BCUT2D eigenvalue weighted by Crippen LogP contribution is -2.27. The van der Waals surface area contributed by atoms with E-state index in [2.05, 4.69) is 20.1 Å². The number of fused-ring (bicyclic) bond motifs is 1. The highest BCUT2D eigenvalue weighted by atomic mass is 19.1. The fourth-order valence-corrected chi connectivity index (χ4v) is 3.61. The third-order valence-corrected chi connectivity index (χ3v) is 5.34. The Morgan fingerprint density at radius 1 is 1.09 bits per heavy atom. The number of hydrogen-bond acceptors (Lipinski definition) is 6. The maximum atomic E-state index is 13.6. The number of methoxy groups -OCH3 is 2. The SMILES string of the molecule is COC(=O)Nc1ccc(-c2cnn3c(C)cc(C(=O)N(C)c4ccc(F)cc4OC)cc23)cn1. The molecule has 0 aliphatic rings. The van der Waals surface area contributed by atoms with E-state index in [1.165, 1.54) is 37.3 Å². The summed E-state index contributed by atoms with van der Waals surface area (Å²) in [4.78, 5) is 30.3. The van der Waals surface area contributed by atoms with Crippen molar-refractivity contribution in [3.63, 3.8) is 0 Å². The van der Waals surface area contributed by atoms with Crippen LogP contribution in [0.25, 0.3) is 16.6 Å². The van der Waals surface area contributed by atoms with Crippen LogP contribution in [0.5, 0.6) is 5.75 Å². The first kappa shape index (κ1) is 22.7. The summed E-state index contributed by atoms with van der Waals surface area (Å²) < 4.78 is 25.1. The van der Waals surface area contributed by atoms with Gasteiger partial charge in [-0.15, -0.1) is 0 Å². The maximum absolute atomic E-state index is 13.6. The fraction of sp³-hybridized carbons (Fsp3) is 0.167. The Hall–Kier alpha value is -4.47. The molecule has 4 aromatic rings. The molecular formula is C24H22FN5O4. The number of carbonyl (C=O) groups is 2. The highest BCUT2D eigenvalue weighted by molar-refractivity contribution is 6.07. The number of benzene rings is 1. The van der Waals surface area contributed by atoms with E-state index in [1.807, 2.05) is 6.92 Å². The van der Waals surface area contributed by atoms with Crippen molar-refractivity contribution in [3.8, 4) is 16.9 Å². The lowest BCUT2D eigenvalue weighted by molar-refractivity contribution is 0.0992. The van der Waals surface area contributed by atoms with Gasteiger partial charge in [-0.2, -0.15) is 5.10 Å². The van der Waals surface area contributed by atoms with E-state index >= 15 is 0 Å². The van der Waals surface area contributed by atoms with E-state index in [1.54, 1.807) is 48.2 Å². The number of rotatable bonds is 5. The zero-order valence-corrected chi connectivity index (χ0v) is 19.0. The molecule has 1 N–H and O–H groups in total. The first-order valence-corrected chi connectivity index (χ1v) is 10.2. The number of carbonyl (C=O) groups excluding carboxylic acids is 2. The van der Waals surface area contributed by atoms with Crippen LogP contribution in [0.3, 0.4) is 0 Å². The summed E-state index contributed by atoms with van der Waals surface area (Å²) in [5.74, 6) is -0.151. The lowest BCUT2D eigenvalue weighted by Gasteiger charge is -2.20. The molecule has 0 fully saturated rings. The van der Waals surface area contributed by atoms with Gasteiger partial charge in [0.1, 0.15) is 17.4 Å². The quantitative estimate of drug-likeness (QED) is 0.474. The van der Waals surface area contributed by atoms with Gasteiger partial charge in [-0.3, -0.25) is 10.1 Å². The summed E-state index contributed by atoms with van der Waals surface area (Å²) in [6.07, 6.45) is 2.67. The van der Waals surface area contributed by atoms with E-state index in [-0.39, 0.29) is 11.7 Å². The Morgan fingerprint density at radius 3 is 2.56 bits per heavy atom.